The maximum Gasteiger partial charge on any atom is 0.405 e. The van der Waals surface area contributed by atoms with Gasteiger partial charge in [-0.3, -0.25) is 23.2 Å². The number of nitrogens with one attached hydrogen (secondary N) is 1. The van der Waals surface area contributed by atoms with Crippen LogP contribution in [0, 0.1) is 5.41 Å². The van der Waals surface area contributed by atoms with Crippen LogP contribution in [-0.4, -0.2) is 85.8 Å². The quantitative estimate of drug-likeness (QED) is 0.0949. The lowest BCUT2D eigenvalue weighted by atomic mass is 9.97. The number of carbonyl (C=O) groups excluding carboxylic acids is 2. The Kier molecular flexibility index (Phi) is 13.2. The number of benzene rings is 1. The number of halogens is 1. The smallest absolute Gasteiger partial charge is 0.405 e. The predicted octanol–water partition coefficient (Wildman–Crippen LogP) is 4.35. The number of rotatable bonds is 18. The molecule has 49 heavy (non-hydrogen) atoms. The Balaban J connectivity index is 1.42. The summed E-state index contributed by atoms with van der Waals surface area (Å²) in [5, 5.41) is 13.5. The molecule has 5 atom stereocenters. The van der Waals surface area contributed by atoms with Crippen molar-refractivity contribution in [2.75, 3.05) is 37.9 Å². The van der Waals surface area contributed by atoms with Crippen LogP contribution >= 0.6 is 19.5 Å². The molecule has 0 aliphatic carbocycles. The minimum Gasteiger partial charge on any atom is -0.476 e. The maximum atomic E-state index is 16.1. The zero-order chi connectivity index (χ0) is 35.8. The highest BCUT2D eigenvalue weighted by atomic mass is 32.2. The number of hydrogen-bond acceptors (Lipinski definition) is 14. The number of aliphatic hydroxyl groups excluding tert-OH is 1. The highest BCUT2D eigenvalue weighted by molar-refractivity contribution is 8.13. The second-order valence-corrected chi connectivity index (χ2v) is 15.0. The molecule has 0 spiro atoms. The van der Waals surface area contributed by atoms with E-state index in [4.69, 9.17) is 29.0 Å². The van der Waals surface area contributed by atoms with Gasteiger partial charge in [0.15, 0.2) is 28.2 Å². The highest BCUT2D eigenvalue weighted by Gasteiger charge is 2.56. The molecule has 1 aromatic carbocycles. The number of nitrogen functional groups attached to an aromatic ring is 1. The van der Waals surface area contributed by atoms with E-state index in [0.717, 1.165) is 24.2 Å². The third kappa shape index (κ3) is 9.75. The summed E-state index contributed by atoms with van der Waals surface area (Å²) in [4.78, 5) is 37.1. The number of esters is 1. The summed E-state index contributed by atoms with van der Waals surface area (Å²) in [5.74, 6) is -0.272. The molecule has 3 unspecified atom stereocenters. The number of nitrogens with two attached hydrogens (primary N) is 1. The van der Waals surface area contributed by atoms with E-state index in [9.17, 15) is 19.3 Å². The van der Waals surface area contributed by atoms with E-state index in [-0.39, 0.29) is 72.6 Å². The van der Waals surface area contributed by atoms with E-state index in [2.05, 4.69) is 20.0 Å². The second-order valence-electron chi connectivity index (χ2n) is 12.1. The lowest BCUT2D eigenvalue weighted by Crippen LogP contribution is -2.40. The summed E-state index contributed by atoms with van der Waals surface area (Å²) >= 11 is 0.941. The van der Waals surface area contributed by atoms with Crippen LogP contribution in [0.15, 0.2) is 36.7 Å². The van der Waals surface area contributed by atoms with Gasteiger partial charge in [0.1, 0.15) is 18.8 Å². The molecule has 0 amide bonds. The average Bonchev–Trinajstić information content (AvgIpc) is 3.58. The number of ether oxygens (including phenoxy) is 3. The van der Waals surface area contributed by atoms with Crippen LogP contribution in [0.3, 0.4) is 0 Å². The summed E-state index contributed by atoms with van der Waals surface area (Å²) in [6, 6.07) is 9.09. The van der Waals surface area contributed by atoms with Crippen LogP contribution < -0.4 is 15.6 Å². The zero-order valence-electron chi connectivity index (χ0n) is 28.2. The number of hydrogen-bond donors (Lipinski definition) is 3. The second kappa shape index (κ2) is 16.7. The molecule has 3 aromatic rings. The van der Waals surface area contributed by atoms with E-state index in [1.165, 1.54) is 10.9 Å². The predicted molar refractivity (Wildman–Crippen MR) is 180 cm³/mol. The molecule has 4 N–H and O–H groups in total. The Morgan fingerprint density at radius 3 is 2.65 bits per heavy atom. The van der Waals surface area contributed by atoms with Crippen LogP contribution in [0.1, 0.15) is 59.3 Å². The number of aliphatic hydroxyl groups is 1. The molecule has 0 bridgehead atoms. The van der Waals surface area contributed by atoms with Gasteiger partial charge >= 0.3 is 13.7 Å². The van der Waals surface area contributed by atoms with E-state index in [1.807, 2.05) is 37.3 Å². The molecule has 15 nitrogen and oxygen atoms in total. The summed E-state index contributed by atoms with van der Waals surface area (Å²) in [5.41, 5.74) is 3.68. The van der Waals surface area contributed by atoms with Gasteiger partial charge < -0.3 is 25.1 Å². The van der Waals surface area contributed by atoms with Gasteiger partial charge in [-0.2, -0.15) is 9.97 Å². The van der Waals surface area contributed by atoms with Gasteiger partial charge in [-0.05, 0) is 39.7 Å². The first-order valence-electron chi connectivity index (χ1n) is 15.9. The number of alkyl halides is 1. The molecule has 0 radical (unpaired) electrons. The summed E-state index contributed by atoms with van der Waals surface area (Å²) in [7, 11) is -4.11. The van der Waals surface area contributed by atoms with Crippen LogP contribution in [0.4, 0.5) is 10.3 Å². The number of carbonyl (C=O) groups is 2. The van der Waals surface area contributed by atoms with Crippen molar-refractivity contribution in [1.82, 2.24) is 24.6 Å². The summed E-state index contributed by atoms with van der Waals surface area (Å²) in [6.07, 6.45) is -2.23. The van der Waals surface area contributed by atoms with E-state index in [0.29, 0.717) is 6.42 Å². The Morgan fingerprint density at radius 1 is 1.22 bits per heavy atom. The normalized spacial score (nSPS) is 22.2. The van der Waals surface area contributed by atoms with Crippen molar-refractivity contribution in [3.05, 3.63) is 42.2 Å². The Morgan fingerprint density at radius 2 is 1.96 bits per heavy atom. The fourth-order valence-corrected chi connectivity index (χ4v) is 7.07. The molecule has 4 rings (SSSR count). The number of imidazole rings is 1. The van der Waals surface area contributed by atoms with Crippen molar-refractivity contribution in [3.8, 4) is 5.88 Å². The minimum atomic E-state index is -4.11. The van der Waals surface area contributed by atoms with Crippen LogP contribution in [-0.2, 0) is 39.2 Å². The first kappa shape index (κ1) is 38.6. The molecule has 0 saturated carbocycles. The van der Waals surface area contributed by atoms with Crippen LogP contribution in [0.2, 0.25) is 0 Å². The third-order valence-electron chi connectivity index (χ3n) is 7.56. The van der Waals surface area contributed by atoms with Crippen molar-refractivity contribution in [2.24, 2.45) is 5.41 Å². The first-order chi connectivity index (χ1) is 23.2. The minimum absolute atomic E-state index is 0.0696. The number of aromatic nitrogens is 4. The molecular formula is C31H44FN6O9PS. The van der Waals surface area contributed by atoms with Crippen molar-refractivity contribution in [2.45, 2.75) is 78.1 Å². The SMILES string of the molecule is CCCC(=O)OCC(C)(C)C(=O)SCCOP(=O)(NCc1ccccc1)OCC1OC(n2cnc3c(OCC)nc(N)nc32)[C@](C)(F)[C@@H]1O. The first-order valence-corrected chi connectivity index (χ1v) is 18.4. The van der Waals surface area contributed by atoms with Gasteiger partial charge in [0.25, 0.3) is 0 Å². The Hall–Kier alpha value is -3.18. The van der Waals surface area contributed by atoms with E-state index < -0.39 is 43.9 Å². The summed E-state index contributed by atoms with van der Waals surface area (Å²) < 4.78 is 59.4. The Bertz CT molecular complexity index is 1630. The van der Waals surface area contributed by atoms with Gasteiger partial charge in [-0.1, -0.05) is 49.0 Å². The topological polar surface area (TPSA) is 199 Å². The molecule has 18 heteroatoms. The molecule has 270 valence electrons. The third-order valence-corrected chi connectivity index (χ3v) is 10.3. The zero-order valence-corrected chi connectivity index (χ0v) is 29.9. The lowest BCUT2D eigenvalue weighted by molar-refractivity contribution is -0.147. The van der Waals surface area contributed by atoms with Crippen molar-refractivity contribution >= 4 is 47.7 Å². The van der Waals surface area contributed by atoms with Crippen molar-refractivity contribution in [3.63, 3.8) is 0 Å². The van der Waals surface area contributed by atoms with Gasteiger partial charge in [0.2, 0.25) is 11.8 Å². The van der Waals surface area contributed by atoms with Crippen LogP contribution in [0.25, 0.3) is 11.2 Å². The fraction of sp³-hybridized carbons (Fsp3) is 0.581. The van der Waals surface area contributed by atoms with Crippen molar-refractivity contribution in [1.29, 1.82) is 0 Å². The molecule has 2 aromatic heterocycles. The summed E-state index contributed by atoms with van der Waals surface area (Å²) in [6.45, 7) is 7.74. The van der Waals surface area contributed by atoms with Gasteiger partial charge in [-0.25, -0.2) is 19.0 Å². The maximum absolute atomic E-state index is 16.1. The molecule has 1 saturated heterocycles. The van der Waals surface area contributed by atoms with E-state index >= 15 is 4.39 Å². The molecule has 1 aliphatic heterocycles. The fourth-order valence-electron chi connectivity index (χ4n) is 4.83. The van der Waals surface area contributed by atoms with Gasteiger partial charge in [0, 0.05) is 18.7 Å². The monoisotopic (exact) mass is 726 g/mol. The number of anilines is 1. The molecule has 1 aliphatic rings. The van der Waals surface area contributed by atoms with Crippen molar-refractivity contribution < 1.29 is 46.9 Å². The standard InChI is InChI=1S/C31H44FN6O9PS/c1-6-11-22(39)44-18-30(3,4)28(41)49-15-14-45-48(42,35-16-20-12-9-8-10-13-20)46-17-21-24(40)31(5,32)27(47-21)38-19-34-23-25(38)36-29(33)37-26(23)43-7-2/h8-10,12-13,19,21,24,27,40H,6-7,11,14-18H2,1-5H3,(H,35,42)(H2,33,36,37)/t21?,24-,27?,31-,48?/m1/s1. The van der Waals surface area contributed by atoms with Gasteiger partial charge in [-0.15, -0.1) is 0 Å². The average molecular weight is 727 g/mol. The molecule has 1 fully saturated rings. The number of fused-ring (bicyclic) bond motifs is 1. The number of thioether (sulfide) groups is 1. The van der Waals surface area contributed by atoms with Gasteiger partial charge in [0.05, 0.1) is 31.6 Å². The van der Waals surface area contributed by atoms with Crippen LogP contribution in [0.5, 0.6) is 5.88 Å². The largest absolute Gasteiger partial charge is 0.476 e. The molecule has 3 heterocycles. The molecular weight excluding hydrogens is 682 g/mol. The van der Waals surface area contributed by atoms with E-state index in [1.54, 1.807) is 20.8 Å². The number of nitrogens with zero attached hydrogens (tertiary/aromatic N) is 4. The Labute approximate surface area is 288 Å². The highest BCUT2D eigenvalue weighted by Crippen LogP contribution is 2.48. The lowest BCUT2D eigenvalue weighted by Gasteiger charge is -2.25.